The van der Waals surface area contributed by atoms with Gasteiger partial charge < -0.3 is 15.2 Å². The highest BCUT2D eigenvalue weighted by Gasteiger charge is 2.09. The molecular weight excluding hydrogens is 233 g/mol. The van der Waals surface area contributed by atoms with E-state index in [2.05, 4.69) is 5.32 Å². The van der Waals surface area contributed by atoms with Crippen LogP contribution < -0.4 is 5.32 Å². The Morgan fingerprint density at radius 3 is 2.94 bits per heavy atom. The molecule has 0 bridgehead atoms. The Morgan fingerprint density at radius 1 is 1.56 bits per heavy atom. The van der Waals surface area contributed by atoms with Crippen molar-refractivity contribution in [2.45, 2.75) is 6.10 Å². The molecule has 0 saturated heterocycles. The Labute approximate surface area is 99.2 Å². The van der Waals surface area contributed by atoms with Crippen molar-refractivity contribution in [3.8, 4) is 0 Å². The van der Waals surface area contributed by atoms with Gasteiger partial charge in [0.05, 0.1) is 17.7 Å². The van der Waals surface area contributed by atoms with Crippen molar-refractivity contribution in [3.63, 3.8) is 0 Å². The topological polar surface area (TPSA) is 41.5 Å². The fourth-order valence-corrected chi connectivity index (χ4v) is 1.44. The van der Waals surface area contributed by atoms with Crippen molar-refractivity contribution in [2.24, 2.45) is 0 Å². The summed E-state index contributed by atoms with van der Waals surface area (Å²) in [5, 5.41) is 12.8. The predicted molar refractivity (Wildman–Crippen MR) is 61.1 cm³/mol. The van der Waals surface area contributed by atoms with Gasteiger partial charge in [-0.3, -0.25) is 0 Å². The zero-order valence-corrected chi connectivity index (χ0v) is 9.80. The van der Waals surface area contributed by atoms with Gasteiger partial charge in [-0.25, -0.2) is 4.39 Å². The Kier molecular flexibility index (Phi) is 5.69. The Bertz CT molecular complexity index is 336. The largest absolute Gasteiger partial charge is 0.387 e. The van der Waals surface area contributed by atoms with Gasteiger partial charge >= 0.3 is 0 Å². The van der Waals surface area contributed by atoms with Crippen LogP contribution in [0.3, 0.4) is 0 Å². The summed E-state index contributed by atoms with van der Waals surface area (Å²) in [4.78, 5) is 0. The van der Waals surface area contributed by atoms with Gasteiger partial charge in [-0.05, 0) is 17.7 Å². The van der Waals surface area contributed by atoms with Gasteiger partial charge in [-0.1, -0.05) is 17.7 Å². The van der Waals surface area contributed by atoms with Crippen LogP contribution in [0.15, 0.2) is 18.2 Å². The van der Waals surface area contributed by atoms with Crippen molar-refractivity contribution in [1.29, 1.82) is 0 Å². The molecule has 0 aliphatic heterocycles. The van der Waals surface area contributed by atoms with Gasteiger partial charge in [0.1, 0.15) is 5.82 Å². The first-order valence-corrected chi connectivity index (χ1v) is 5.35. The molecule has 0 saturated carbocycles. The lowest BCUT2D eigenvalue weighted by molar-refractivity contribution is 0.161. The molecule has 0 heterocycles. The van der Waals surface area contributed by atoms with E-state index < -0.39 is 11.9 Å². The quantitative estimate of drug-likeness (QED) is 0.753. The third-order valence-electron chi connectivity index (χ3n) is 2.15. The summed E-state index contributed by atoms with van der Waals surface area (Å²) >= 11 is 5.62. The molecule has 0 aromatic heterocycles. The van der Waals surface area contributed by atoms with Gasteiger partial charge in [-0.15, -0.1) is 0 Å². The number of aliphatic hydroxyl groups excluding tert-OH is 1. The SMILES string of the molecule is COCCNCC(O)c1ccc(F)c(Cl)c1. The summed E-state index contributed by atoms with van der Waals surface area (Å²) in [5.74, 6) is -0.482. The molecule has 0 spiro atoms. The van der Waals surface area contributed by atoms with Crippen LogP contribution in [0.2, 0.25) is 5.02 Å². The van der Waals surface area contributed by atoms with E-state index in [1.807, 2.05) is 0 Å². The molecule has 0 radical (unpaired) electrons. The molecule has 16 heavy (non-hydrogen) atoms. The molecular formula is C11H15ClFNO2. The normalized spacial score (nSPS) is 12.8. The maximum Gasteiger partial charge on any atom is 0.141 e. The van der Waals surface area contributed by atoms with Crippen LogP contribution >= 0.6 is 11.6 Å². The van der Waals surface area contributed by atoms with E-state index in [0.29, 0.717) is 25.3 Å². The zero-order chi connectivity index (χ0) is 12.0. The highest BCUT2D eigenvalue weighted by Crippen LogP contribution is 2.20. The number of hydrogen-bond donors (Lipinski definition) is 2. The van der Waals surface area contributed by atoms with Crippen LogP contribution in [0.25, 0.3) is 0 Å². The summed E-state index contributed by atoms with van der Waals surface area (Å²) < 4.78 is 17.7. The van der Waals surface area contributed by atoms with E-state index in [4.69, 9.17) is 16.3 Å². The Hall–Kier alpha value is -0.680. The average molecular weight is 248 g/mol. The van der Waals surface area contributed by atoms with Crippen molar-refractivity contribution >= 4 is 11.6 Å². The second kappa shape index (κ2) is 6.81. The van der Waals surface area contributed by atoms with E-state index in [-0.39, 0.29) is 5.02 Å². The molecule has 90 valence electrons. The van der Waals surface area contributed by atoms with E-state index in [1.54, 1.807) is 7.11 Å². The molecule has 0 amide bonds. The molecule has 0 fully saturated rings. The fourth-order valence-electron chi connectivity index (χ4n) is 1.25. The molecule has 2 N–H and O–H groups in total. The first kappa shape index (κ1) is 13.4. The van der Waals surface area contributed by atoms with Crippen LogP contribution in [0.4, 0.5) is 4.39 Å². The minimum Gasteiger partial charge on any atom is -0.387 e. The van der Waals surface area contributed by atoms with Crippen LogP contribution in [0.1, 0.15) is 11.7 Å². The monoisotopic (exact) mass is 247 g/mol. The van der Waals surface area contributed by atoms with E-state index >= 15 is 0 Å². The van der Waals surface area contributed by atoms with Gasteiger partial charge in [0, 0.05) is 20.2 Å². The van der Waals surface area contributed by atoms with Crippen LogP contribution in [0, 0.1) is 5.82 Å². The van der Waals surface area contributed by atoms with Crippen molar-refractivity contribution in [1.82, 2.24) is 5.32 Å². The second-order valence-electron chi connectivity index (χ2n) is 3.39. The van der Waals surface area contributed by atoms with Gasteiger partial charge in [-0.2, -0.15) is 0 Å². The molecule has 1 aromatic carbocycles. The number of nitrogens with one attached hydrogen (secondary N) is 1. The minimum atomic E-state index is -0.699. The molecule has 1 rings (SSSR count). The lowest BCUT2D eigenvalue weighted by Crippen LogP contribution is -2.25. The number of methoxy groups -OCH3 is 1. The van der Waals surface area contributed by atoms with Crippen molar-refractivity contribution in [2.75, 3.05) is 26.8 Å². The molecule has 5 heteroatoms. The fraction of sp³-hybridized carbons (Fsp3) is 0.455. The number of rotatable bonds is 6. The lowest BCUT2D eigenvalue weighted by atomic mass is 10.1. The molecule has 3 nitrogen and oxygen atoms in total. The molecule has 1 aromatic rings. The third-order valence-corrected chi connectivity index (χ3v) is 2.44. The first-order chi connectivity index (χ1) is 7.65. The van der Waals surface area contributed by atoms with E-state index in [0.717, 1.165) is 0 Å². The second-order valence-corrected chi connectivity index (χ2v) is 3.79. The van der Waals surface area contributed by atoms with Gasteiger partial charge in [0.15, 0.2) is 0 Å². The maximum atomic E-state index is 12.9. The van der Waals surface area contributed by atoms with Crippen LogP contribution in [0.5, 0.6) is 0 Å². The Morgan fingerprint density at radius 2 is 2.31 bits per heavy atom. The summed E-state index contributed by atoms with van der Waals surface area (Å²) in [6.45, 7) is 1.62. The van der Waals surface area contributed by atoms with Crippen molar-refractivity contribution < 1.29 is 14.2 Å². The van der Waals surface area contributed by atoms with Crippen LogP contribution in [-0.4, -0.2) is 31.9 Å². The number of halogens is 2. The number of hydrogen-bond acceptors (Lipinski definition) is 3. The number of ether oxygens (including phenoxy) is 1. The zero-order valence-electron chi connectivity index (χ0n) is 9.04. The summed E-state index contributed by atoms with van der Waals surface area (Å²) in [5.41, 5.74) is 0.594. The summed E-state index contributed by atoms with van der Waals surface area (Å²) in [6, 6.07) is 4.19. The predicted octanol–water partition coefficient (Wildman–Crippen LogP) is 1.75. The smallest absolute Gasteiger partial charge is 0.141 e. The van der Waals surface area contributed by atoms with E-state index in [9.17, 15) is 9.50 Å². The molecule has 0 aliphatic carbocycles. The first-order valence-electron chi connectivity index (χ1n) is 4.98. The maximum absolute atomic E-state index is 12.9. The Balaban J connectivity index is 2.46. The van der Waals surface area contributed by atoms with Gasteiger partial charge in [0.25, 0.3) is 0 Å². The lowest BCUT2D eigenvalue weighted by Gasteiger charge is -2.12. The molecule has 1 unspecified atom stereocenters. The third kappa shape index (κ3) is 4.06. The van der Waals surface area contributed by atoms with Gasteiger partial charge in [0.2, 0.25) is 0 Å². The number of aliphatic hydroxyl groups is 1. The highest BCUT2D eigenvalue weighted by molar-refractivity contribution is 6.30. The van der Waals surface area contributed by atoms with E-state index in [1.165, 1.54) is 18.2 Å². The summed E-state index contributed by atoms with van der Waals surface area (Å²) in [6.07, 6.45) is -0.699. The minimum absolute atomic E-state index is 0.0217. The van der Waals surface area contributed by atoms with Crippen LogP contribution in [-0.2, 0) is 4.74 Å². The van der Waals surface area contributed by atoms with Crippen molar-refractivity contribution in [3.05, 3.63) is 34.6 Å². The standard InChI is InChI=1S/C11H15ClFNO2/c1-16-5-4-14-7-11(15)8-2-3-10(13)9(12)6-8/h2-3,6,11,14-15H,4-5,7H2,1H3. The molecule has 0 aliphatic rings. The summed E-state index contributed by atoms with van der Waals surface area (Å²) in [7, 11) is 1.61. The average Bonchev–Trinajstić information content (AvgIpc) is 2.28. The molecule has 1 atom stereocenters. The highest BCUT2D eigenvalue weighted by atomic mass is 35.5. The number of benzene rings is 1.